The maximum absolute atomic E-state index is 11.9. The zero-order chi connectivity index (χ0) is 15.7. The summed E-state index contributed by atoms with van der Waals surface area (Å²) < 4.78 is 6.52. The van der Waals surface area contributed by atoms with Gasteiger partial charge in [-0.2, -0.15) is 0 Å². The Bertz CT molecular complexity index is 854. The van der Waals surface area contributed by atoms with Gasteiger partial charge in [-0.15, -0.1) is 0 Å². The molecule has 0 fully saturated rings. The minimum atomic E-state index is -0.425. The average Bonchev–Trinajstić information content (AvgIpc) is 2.98. The number of carbonyl (C=O) groups excluding carboxylic acids is 1. The van der Waals surface area contributed by atoms with E-state index < -0.39 is 5.97 Å². The highest BCUT2D eigenvalue weighted by Crippen LogP contribution is 2.23. The van der Waals surface area contributed by atoms with Gasteiger partial charge in [0.15, 0.2) is 0 Å². The van der Waals surface area contributed by atoms with E-state index >= 15 is 0 Å². The summed E-state index contributed by atoms with van der Waals surface area (Å²) in [5.74, 6) is 0.216. The molecule has 1 aromatic carbocycles. The van der Waals surface area contributed by atoms with Crippen LogP contribution in [0, 0.1) is 6.92 Å². The van der Waals surface area contributed by atoms with Gasteiger partial charge in [0.25, 0.3) is 0 Å². The lowest BCUT2D eigenvalue weighted by molar-refractivity contribution is 0.0593. The molecule has 3 rings (SSSR count). The van der Waals surface area contributed by atoms with Crippen LogP contribution in [0.2, 0.25) is 0 Å². The number of aryl methyl sites for hydroxylation is 1. The molecule has 0 unspecified atom stereocenters. The van der Waals surface area contributed by atoms with Crippen molar-refractivity contribution in [2.75, 3.05) is 7.11 Å². The van der Waals surface area contributed by atoms with Crippen molar-refractivity contribution in [3.05, 3.63) is 53.5 Å². The maximum Gasteiger partial charge on any atom is 0.355 e. The van der Waals surface area contributed by atoms with E-state index in [1.807, 2.05) is 25.1 Å². The van der Waals surface area contributed by atoms with Gasteiger partial charge in [-0.1, -0.05) is 12.1 Å². The van der Waals surface area contributed by atoms with E-state index in [1.54, 1.807) is 16.5 Å². The molecule has 6 heteroatoms. The number of hydrogen-bond donors (Lipinski definition) is 1. The van der Waals surface area contributed by atoms with Crippen LogP contribution in [0.25, 0.3) is 17.0 Å². The normalized spacial score (nSPS) is 10.9. The molecular weight excluding hydrogens is 280 g/mol. The van der Waals surface area contributed by atoms with E-state index in [-0.39, 0.29) is 0 Å². The van der Waals surface area contributed by atoms with E-state index in [1.165, 1.54) is 13.4 Å². The average molecular weight is 296 g/mol. The molecule has 0 bridgehead atoms. The van der Waals surface area contributed by atoms with Crippen LogP contribution in [0.15, 0.2) is 36.7 Å². The Morgan fingerprint density at radius 3 is 2.77 bits per heavy atom. The smallest absolute Gasteiger partial charge is 0.355 e. The molecule has 0 amide bonds. The molecule has 2 aromatic heterocycles. The summed E-state index contributed by atoms with van der Waals surface area (Å²) in [5.41, 5.74) is 9.80. The molecule has 0 aliphatic rings. The Morgan fingerprint density at radius 2 is 2.09 bits per heavy atom. The number of benzene rings is 1. The number of carbonyl (C=O) groups is 1. The molecule has 0 saturated carbocycles. The molecule has 2 N–H and O–H groups in total. The zero-order valence-electron chi connectivity index (χ0n) is 12.4. The standard InChI is InChI=1S/C16H16N4O2/c1-10-7-11(3-4-12(10)8-17)15-19-9-18-14-6-5-13(20(14)15)16(21)22-2/h3-7,9H,8,17H2,1-2H3. The van der Waals surface area contributed by atoms with Crippen molar-refractivity contribution in [1.82, 2.24) is 14.4 Å². The fourth-order valence-electron chi connectivity index (χ4n) is 2.48. The first kappa shape index (κ1) is 14.2. The van der Waals surface area contributed by atoms with E-state index in [9.17, 15) is 4.79 Å². The molecule has 22 heavy (non-hydrogen) atoms. The number of ether oxygens (including phenoxy) is 1. The predicted molar refractivity (Wildman–Crippen MR) is 82.4 cm³/mol. The van der Waals surface area contributed by atoms with Crippen LogP contribution in [0.1, 0.15) is 21.6 Å². The van der Waals surface area contributed by atoms with Gasteiger partial charge in [0.2, 0.25) is 0 Å². The summed E-state index contributed by atoms with van der Waals surface area (Å²) in [4.78, 5) is 20.4. The predicted octanol–water partition coefficient (Wildman–Crippen LogP) is 1.95. The molecule has 3 aromatic rings. The van der Waals surface area contributed by atoms with E-state index in [2.05, 4.69) is 9.97 Å². The SMILES string of the molecule is COC(=O)c1ccc2ncnc(-c3ccc(CN)c(C)c3)n12. The van der Waals surface area contributed by atoms with Crippen molar-refractivity contribution in [3.8, 4) is 11.4 Å². The lowest BCUT2D eigenvalue weighted by Crippen LogP contribution is -2.09. The number of esters is 1. The first-order valence-corrected chi connectivity index (χ1v) is 6.86. The van der Waals surface area contributed by atoms with Gasteiger partial charge in [-0.3, -0.25) is 4.40 Å². The summed E-state index contributed by atoms with van der Waals surface area (Å²) in [6.45, 7) is 2.49. The summed E-state index contributed by atoms with van der Waals surface area (Å²) in [5, 5.41) is 0. The number of fused-ring (bicyclic) bond motifs is 1. The molecule has 0 spiro atoms. The first-order valence-electron chi connectivity index (χ1n) is 6.86. The Labute approximate surface area is 127 Å². The van der Waals surface area contributed by atoms with Crippen LogP contribution in [0.5, 0.6) is 0 Å². The van der Waals surface area contributed by atoms with Gasteiger partial charge in [0, 0.05) is 12.1 Å². The molecule has 6 nitrogen and oxygen atoms in total. The number of aromatic nitrogens is 3. The quantitative estimate of drug-likeness (QED) is 0.747. The van der Waals surface area contributed by atoms with Crippen molar-refractivity contribution in [2.24, 2.45) is 5.73 Å². The molecule has 2 heterocycles. The molecule has 0 aliphatic carbocycles. The van der Waals surface area contributed by atoms with Crippen LogP contribution in [0.4, 0.5) is 0 Å². The number of nitrogens with two attached hydrogens (primary N) is 1. The van der Waals surface area contributed by atoms with Crippen molar-refractivity contribution >= 4 is 11.6 Å². The minimum absolute atomic E-state index is 0.397. The Hall–Kier alpha value is -2.73. The third-order valence-electron chi connectivity index (χ3n) is 3.66. The molecule has 0 saturated heterocycles. The van der Waals surface area contributed by atoms with Crippen LogP contribution in [-0.2, 0) is 11.3 Å². The van der Waals surface area contributed by atoms with Gasteiger partial charge < -0.3 is 10.5 Å². The van der Waals surface area contributed by atoms with Gasteiger partial charge in [0.1, 0.15) is 23.5 Å². The van der Waals surface area contributed by atoms with Crippen LogP contribution in [0.3, 0.4) is 0 Å². The third kappa shape index (κ3) is 2.23. The highest BCUT2D eigenvalue weighted by molar-refractivity contribution is 5.89. The van der Waals surface area contributed by atoms with E-state index in [0.29, 0.717) is 23.7 Å². The molecule has 0 atom stereocenters. The first-order chi connectivity index (χ1) is 10.7. The number of hydrogen-bond acceptors (Lipinski definition) is 5. The number of methoxy groups -OCH3 is 1. The largest absolute Gasteiger partial charge is 0.464 e. The second-order valence-corrected chi connectivity index (χ2v) is 4.95. The van der Waals surface area contributed by atoms with Gasteiger partial charge in [0.05, 0.1) is 7.11 Å². The van der Waals surface area contributed by atoms with Crippen molar-refractivity contribution < 1.29 is 9.53 Å². The van der Waals surface area contributed by atoms with Crippen LogP contribution in [-0.4, -0.2) is 27.4 Å². The fraction of sp³-hybridized carbons (Fsp3) is 0.188. The van der Waals surface area contributed by atoms with Gasteiger partial charge in [-0.05, 0) is 36.2 Å². The summed E-state index contributed by atoms with van der Waals surface area (Å²) in [6, 6.07) is 9.36. The Morgan fingerprint density at radius 1 is 1.27 bits per heavy atom. The second kappa shape index (κ2) is 5.57. The Balaban J connectivity index is 2.24. The van der Waals surface area contributed by atoms with Crippen molar-refractivity contribution in [3.63, 3.8) is 0 Å². The lowest BCUT2D eigenvalue weighted by atomic mass is 10.0. The Kier molecular flexibility index (Phi) is 3.60. The fourth-order valence-corrected chi connectivity index (χ4v) is 2.48. The maximum atomic E-state index is 11.9. The topological polar surface area (TPSA) is 82.5 Å². The van der Waals surface area contributed by atoms with Gasteiger partial charge >= 0.3 is 5.97 Å². The van der Waals surface area contributed by atoms with E-state index in [4.69, 9.17) is 10.5 Å². The highest BCUT2D eigenvalue weighted by atomic mass is 16.5. The van der Waals surface area contributed by atoms with Gasteiger partial charge in [-0.25, -0.2) is 14.8 Å². The zero-order valence-corrected chi connectivity index (χ0v) is 12.4. The van der Waals surface area contributed by atoms with Crippen molar-refractivity contribution in [1.29, 1.82) is 0 Å². The van der Waals surface area contributed by atoms with Crippen LogP contribution >= 0.6 is 0 Å². The molecule has 0 aliphatic heterocycles. The summed E-state index contributed by atoms with van der Waals surface area (Å²) in [7, 11) is 1.35. The molecular formula is C16H16N4O2. The number of nitrogens with zero attached hydrogens (tertiary/aromatic N) is 3. The summed E-state index contributed by atoms with van der Waals surface area (Å²) >= 11 is 0. The summed E-state index contributed by atoms with van der Waals surface area (Å²) in [6.07, 6.45) is 1.48. The molecule has 112 valence electrons. The monoisotopic (exact) mass is 296 g/mol. The van der Waals surface area contributed by atoms with Crippen LogP contribution < -0.4 is 5.73 Å². The van der Waals surface area contributed by atoms with E-state index in [0.717, 1.165) is 16.7 Å². The second-order valence-electron chi connectivity index (χ2n) is 4.95. The lowest BCUT2D eigenvalue weighted by Gasteiger charge is -2.10. The van der Waals surface area contributed by atoms with Crippen molar-refractivity contribution in [2.45, 2.75) is 13.5 Å². The molecule has 0 radical (unpaired) electrons. The third-order valence-corrected chi connectivity index (χ3v) is 3.66. The number of rotatable bonds is 3. The minimum Gasteiger partial charge on any atom is -0.464 e. The highest BCUT2D eigenvalue weighted by Gasteiger charge is 2.16.